The van der Waals surface area contributed by atoms with Crippen LogP contribution in [-0.4, -0.2) is 0 Å². The second-order valence-corrected chi connectivity index (χ2v) is 6.76. The van der Waals surface area contributed by atoms with Crippen LogP contribution in [0.4, 0.5) is 0 Å². The predicted octanol–water partition coefficient (Wildman–Crippen LogP) is 5.77. The van der Waals surface area contributed by atoms with E-state index in [1.54, 1.807) is 0 Å². The second kappa shape index (κ2) is 6.81. The highest BCUT2D eigenvalue weighted by Crippen LogP contribution is 2.57. The van der Waals surface area contributed by atoms with Crippen molar-refractivity contribution < 1.29 is 0 Å². The molecular formula is C17H34. The van der Waals surface area contributed by atoms with Crippen molar-refractivity contribution in [3.8, 4) is 0 Å². The molecule has 0 saturated heterocycles. The molecule has 0 nitrogen and oxygen atoms in total. The number of unbranched alkanes of at least 4 members (excludes halogenated alkanes) is 1. The summed E-state index contributed by atoms with van der Waals surface area (Å²) in [7, 11) is 0. The molecule has 0 aromatic heterocycles. The van der Waals surface area contributed by atoms with E-state index in [-0.39, 0.29) is 0 Å². The molecule has 0 bridgehead atoms. The summed E-state index contributed by atoms with van der Waals surface area (Å²) in [5.74, 6) is 5.90. The lowest BCUT2D eigenvalue weighted by Crippen LogP contribution is -2.13. The summed E-state index contributed by atoms with van der Waals surface area (Å²) >= 11 is 0. The number of rotatable bonds is 8. The van der Waals surface area contributed by atoms with Crippen LogP contribution in [-0.2, 0) is 0 Å². The van der Waals surface area contributed by atoms with Gasteiger partial charge in [0.1, 0.15) is 0 Å². The molecule has 0 amide bonds. The van der Waals surface area contributed by atoms with Crippen LogP contribution in [0.5, 0.6) is 0 Å². The van der Waals surface area contributed by atoms with Crippen LogP contribution in [0, 0.1) is 35.5 Å². The predicted molar refractivity (Wildman–Crippen MR) is 78.1 cm³/mol. The molecule has 0 radical (unpaired) electrons. The average Bonchev–Trinajstić information content (AvgIpc) is 2.97. The van der Waals surface area contributed by atoms with Crippen LogP contribution in [0.1, 0.15) is 73.6 Å². The van der Waals surface area contributed by atoms with Crippen molar-refractivity contribution in [2.75, 3.05) is 0 Å². The maximum Gasteiger partial charge on any atom is -0.0324 e. The molecule has 0 aromatic carbocycles. The topological polar surface area (TPSA) is 0 Å². The summed E-state index contributed by atoms with van der Waals surface area (Å²) < 4.78 is 0. The summed E-state index contributed by atoms with van der Waals surface area (Å²) in [4.78, 5) is 0. The third-order valence-electron chi connectivity index (χ3n) is 5.44. The van der Waals surface area contributed by atoms with Crippen molar-refractivity contribution in [2.24, 2.45) is 35.5 Å². The first kappa shape index (κ1) is 15.1. The van der Waals surface area contributed by atoms with Gasteiger partial charge in [-0.15, -0.1) is 0 Å². The Kier molecular flexibility index (Phi) is 6.03. The summed E-state index contributed by atoms with van der Waals surface area (Å²) in [5.41, 5.74) is 0. The lowest BCUT2D eigenvalue weighted by molar-refractivity contribution is 0.288. The molecule has 1 rings (SSSR count). The van der Waals surface area contributed by atoms with Gasteiger partial charge in [-0.3, -0.25) is 0 Å². The zero-order valence-corrected chi connectivity index (χ0v) is 13.0. The van der Waals surface area contributed by atoms with E-state index in [0.717, 1.165) is 35.5 Å². The Bertz CT molecular complexity index is 208. The minimum absolute atomic E-state index is 0.927. The summed E-state index contributed by atoms with van der Waals surface area (Å²) in [5, 5.41) is 0. The van der Waals surface area contributed by atoms with E-state index in [1.807, 2.05) is 0 Å². The molecule has 0 spiro atoms. The van der Waals surface area contributed by atoms with Gasteiger partial charge in [-0.2, -0.15) is 0 Å². The summed E-state index contributed by atoms with van der Waals surface area (Å²) in [6.45, 7) is 14.6. The van der Waals surface area contributed by atoms with Gasteiger partial charge in [-0.05, 0) is 35.5 Å². The molecule has 0 N–H and O–H groups in total. The Morgan fingerprint density at radius 3 is 2.06 bits per heavy atom. The lowest BCUT2D eigenvalue weighted by Gasteiger charge is -2.21. The zero-order valence-electron chi connectivity index (χ0n) is 13.0. The van der Waals surface area contributed by atoms with E-state index in [4.69, 9.17) is 0 Å². The molecule has 102 valence electrons. The van der Waals surface area contributed by atoms with Crippen molar-refractivity contribution in [1.82, 2.24) is 0 Å². The van der Waals surface area contributed by atoms with E-state index >= 15 is 0 Å². The molecule has 17 heavy (non-hydrogen) atoms. The van der Waals surface area contributed by atoms with Crippen molar-refractivity contribution >= 4 is 0 Å². The normalized spacial score (nSPS) is 33.2. The molecule has 0 heteroatoms. The van der Waals surface area contributed by atoms with Gasteiger partial charge in [-0.25, -0.2) is 0 Å². The Morgan fingerprint density at radius 2 is 1.53 bits per heavy atom. The fourth-order valence-electron chi connectivity index (χ4n) is 4.07. The van der Waals surface area contributed by atoms with Gasteiger partial charge in [0.2, 0.25) is 0 Å². The third-order valence-corrected chi connectivity index (χ3v) is 5.44. The third kappa shape index (κ3) is 3.73. The maximum absolute atomic E-state index is 2.51. The minimum atomic E-state index is 0.927. The first-order valence-electron chi connectivity index (χ1n) is 8.04. The van der Waals surface area contributed by atoms with Crippen LogP contribution in [0.2, 0.25) is 0 Å². The highest BCUT2D eigenvalue weighted by Gasteiger charge is 2.52. The summed E-state index contributed by atoms with van der Waals surface area (Å²) in [6.07, 6.45) is 7.01. The standard InChI is InChI=1S/C17H34/c1-7-9-11-13(4)16-15(6)17(16)14(5)12(3)10-8-2/h12-17H,7-11H2,1-6H3. The fourth-order valence-corrected chi connectivity index (χ4v) is 4.07. The highest BCUT2D eigenvalue weighted by molar-refractivity contribution is 4.99. The van der Waals surface area contributed by atoms with E-state index in [9.17, 15) is 0 Å². The van der Waals surface area contributed by atoms with Crippen molar-refractivity contribution in [2.45, 2.75) is 73.6 Å². The van der Waals surface area contributed by atoms with Crippen LogP contribution < -0.4 is 0 Å². The fraction of sp³-hybridized carbons (Fsp3) is 1.00. The van der Waals surface area contributed by atoms with E-state index in [1.165, 1.54) is 32.1 Å². The van der Waals surface area contributed by atoms with Gasteiger partial charge in [-0.1, -0.05) is 73.6 Å². The first-order valence-corrected chi connectivity index (χ1v) is 8.04. The van der Waals surface area contributed by atoms with Crippen LogP contribution >= 0.6 is 0 Å². The Balaban J connectivity index is 2.41. The van der Waals surface area contributed by atoms with E-state index in [2.05, 4.69) is 41.5 Å². The van der Waals surface area contributed by atoms with Crippen LogP contribution in [0.15, 0.2) is 0 Å². The van der Waals surface area contributed by atoms with Crippen molar-refractivity contribution in [3.63, 3.8) is 0 Å². The molecule has 0 aromatic rings. The molecule has 1 aliphatic rings. The van der Waals surface area contributed by atoms with E-state index in [0.29, 0.717) is 0 Å². The second-order valence-electron chi connectivity index (χ2n) is 6.76. The van der Waals surface area contributed by atoms with Crippen LogP contribution in [0.3, 0.4) is 0 Å². The largest absolute Gasteiger partial charge is 0.0654 e. The van der Waals surface area contributed by atoms with Crippen LogP contribution in [0.25, 0.3) is 0 Å². The monoisotopic (exact) mass is 238 g/mol. The zero-order chi connectivity index (χ0) is 13.0. The van der Waals surface area contributed by atoms with Crippen molar-refractivity contribution in [3.05, 3.63) is 0 Å². The van der Waals surface area contributed by atoms with Gasteiger partial charge < -0.3 is 0 Å². The summed E-state index contributed by atoms with van der Waals surface area (Å²) in [6, 6.07) is 0. The lowest BCUT2D eigenvalue weighted by atomic mass is 9.85. The number of hydrogen-bond donors (Lipinski definition) is 0. The molecular weight excluding hydrogens is 204 g/mol. The van der Waals surface area contributed by atoms with Gasteiger partial charge in [0.15, 0.2) is 0 Å². The smallest absolute Gasteiger partial charge is 0.0324 e. The maximum atomic E-state index is 2.51. The molecule has 0 heterocycles. The van der Waals surface area contributed by atoms with Gasteiger partial charge in [0, 0.05) is 0 Å². The van der Waals surface area contributed by atoms with E-state index < -0.39 is 0 Å². The van der Waals surface area contributed by atoms with Crippen molar-refractivity contribution in [1.29, 1.82) is 0 Å². The molecule has 1 saturated carbocycles. The average molecular weight is 238 g/mol. The SMILES string of the molecule is CCCCC(C)C1C(C)C1C(C)C(C)CCC. The molecule has 1 aliphatic carbocycles. The Hall–Kier alpha value is 0. The Labute approximate surface area is 110 Å². The molecule has 6 atom stereocenters. The van der Waals surface area contributed by atoms with Gasteiger partial charge in [0.25, 0.3) is 0 Å². The Morgan fingerprint density at radius 1 is 0.882 bits per heavy atom. The molecule has 6 unspecified atom stereocenters. The van der Waals surface area contributed by atoms with Gasteiger partial charge in [0.05, 0.1) is 0 Å². The van der Waals surface area contributed by atoms with Gasteiger partial charge >= 0.3 is 0 Å². The quantitative estimate of drug-likeness (QED) is 0.504. The minimum Gasteiger partial charge on any atom is -0.0654 e. The first-order chi connectivity index (χ1) is 8.04. The molecule has 1 fully saturated rings. The molecule has 0 aliphatic heterocycles. The number of hydrogen-bond acceptors (Lipinski definition) is 0. The highest BCUT2D eigenvalue weighted by atomic mass is 14.6.